The van der Waals surface area contributed by atoms with E-state index in [2.05, 4.69) is 0 Å². The molecule has 2 atom stereocenters. The lowest BCUT2D eigenvalue weighted by atomic mass is 10.2. The van der Waals surface area contributed by atoms with Gasteiger partial charge in [0.2, 0.25) is 0 Å². The zero-order valence-electron chi connectivity index (χ0n) is 7.40. The Kier molecular flexibility index (Phi) is 3.44. The van der Waals surface area contributed by atoms with Crippen molar-refractivity contribution in [2.75, 3.05) is 0 Å². The number of aldehydes is 1. The van der Waals surface area contributed by atoms with Crippen molar-refractivity contribution in [3.63, 3.8) is 0 Å². The largest absolute Gasteiger partial charge is 0.346 e. The first kappa shape index (κ1) is 9.42. The van der Waals surface area contributed by atoms with Gasteiger partial charge in [0.15, 0.2) is 6.29 Å². The molecule has 3 nitrogen and oxygen atoms in total. The summed E-state index contributed by atoms with van der Waals surface area (Å²) in [6.45, 7) is 3.86. The van der Waals surface area contributed by atoms with Crippen molar-refractivity contribution in [1.29, 1.82) is 0 Å². The lowest BCUT2D eigenvalue weighted by molar-refractivity contribution is -0.167. The third-order valence-corrected chi connectivity index (χ3v) is 1.53. The Balaban J connectivity index is 2.40. The second-order valence-electron chi connectivity index (χ2n) is 3.03. The van der Waals surface area contributed by atoms with Crippen molar-refractivity contribution in [3.05, 3.63) is 12.2 Å². The fourth-order valence-electron chi connectivity index (χ4n) is 1.03. The van der Waals surface area contributed by atoms with Crippen LogP contribution in [-0.2, 0) is 14.3 Å². The molecule has 0 aromatic carbocycles. The minimum Gasteiger partial charge on any atom is -0.346 e. The monoisotopic (exact) mass is 170 g/mol. The molecule has 0 aromatic heterocycles. The molecular weight excluding hydrogens is 156 g/mol. The molecule has 0 N–H and O–H groups in total. The molecule has 12 heavy (non-hydrogen) atoms. The number of rotatable bonds is 3. The van der Waals surface area contributed by atoms with E-state index in [9.17, 15) is 4.79 Å². The van der Waals surface area contributed by atoms with Crippen LogP contribution in [0.5, 0.6) is 0 Å². The van der Waals surface area contributed by atoms with Crippen LogP contribution in [-0.4, -0.2) is 24.8 Å². The van der Waals surface area contributed by atoms with E-state index in [4.69, 9.17) is 9.47 Å². The molecule has 0 saturated carbocycles. The summed E-state index contributed by atoms with van der Waals surface area (Å²) in [5.41, 5.74) is 0. The lowest BCUT2D eigenvalue weighted by Crippen LogP contribution is -2.29. The second-order valence-corrected chi connectivity index (χ2v) is 3.03. The van der Waals surface area contributed by atoms with Gasteiger partial charge in [0.1, 0.15) is 12.4 Å². The Hall–Kier alpha value is -0.670. The second kappa shape index (κ2) is 4.38. The van der Waals surface area contributed by atoms with Crippen molar-refractivity contribution >= 4 is 6.29 Å². The van der Waals surface area contributed by atoms with Crippen LogP contribution in [0.1, 0.15) is 20.3 Å². The van der Waals surface area contributed by atoms with E-state index >= 15 is 0 Å². The summed E-state index contributed by atoms with van der Waals surface area (Å²) in [5.74, 6) is 0. The molecule has 0 bridgehead atoms. The predicted molar refractivity (Wildman–Crippen MR) is 44.7 cm³/mol. The summed E-state index contributed by atoms with van der Waals surface area (Å²) in [6.07, 6.45) is 4.63. The summed E-state index contributed by atoms with van der Waals surface area (Å²) in [7, 11) is 0. The van der Waals surface area contributed by atoms with Gasteiger partial charge in [-0.1, -0.05) is 6.08 Å². The molecule has 0 spiro atoms. The van der Waals surface area contributed by atoms with Crippen LogP contribution in [0.3, 0.4) is 0 Å². The van der Waals surface area contributed by atoms with Crippen LogP contribution >= 0.6 is 0 Å². The van der Waals surface area contributed by atoms with E-state index in [0.717, 1.165) is 6.29 Å². The molecule has 0 amide bonds. The van der Waals surface area contributed by atoms with Crippen LogP contribution in [0, 0.1) is 0 Å². The number of carbonyl (C=O) groups excluding carboxylic acids is 1. The van der Waals surface area contributed by atoms with E-state index in [0.29, 0.717) is 6.42 Å². The predicted octanol–water partition coefficient (Wildman–Crippen LogP) is 1.28. The molecule has 68 valence electrons. The van der Waals surface area contributed by atoms with Crippen molar-refractivity contribution in [2.24, 2.45) is 0 Å². The number of hydrogen-bond donors (Lipinski definition) is 0. The van der Waals surface area contributed by atoms with Gasteiger partial charge >= 0.3 is 0 Å². The van der Waals surface area contributed by atoms with Crippen LogP contribution < -0.4 is 0 Å². The topological polar surface area (TPSA) is 35.5 Å². The van der Waals surface area contributed by atoms with E-state index in [1.165, 1.54) is 0 Å². The first-order valence-corrected chi connectivity index (χ1v) is 4.15. The van der Waals surface area contributed by atoms with Crippen LogP contribution in [0.2, 0.25) is 0 Å². The Bertz CT molecular complexity index is 175. The van der Waals surface area contributed by atoms with E-state index in [1.54, 1.807) is 0 Å². The average Bonchev–Trinajstić information content (AvgIpc) is 2.03. The quantitative estimate of drug-likeness (QED) is 0.473. The first-order chi connectivity index (χ1) is 5.72. The molecule has 1 aliphatic heterocycles. The molecular formula is C9H14O3. The van der Waals surface area contributed by atoms with Crippen molar-refractivity contribution in [3.8, 4) is 0 Å². The molecule has 0 saturated heterocycles. The molecule has 1 heterocycles. The van der Waals surface area contributed by atoms with Crippen molar-refractivity contribution in [1.82, 2.24) is 0 Å². The molecule has 0 aromatic rings. The average molecular weight is 170 g/mol. The third-order valence-electron chi connectivity index (χ3n) is 1.53. The Morgan fingerprint density at radius 3 is 3.00 bits per heavy atom. The molecule has 1 aliphatic rings. The van der Waals surface area contributed by atoms with Crippen LogP contribution in [0.25, 0.3) is 0 Å². The van der Waals surface area contributed by atoms with Gasteiger partial charge in [-0.15, -0.1) is 0 Å². The van der Waals surface area contributed by atoms with Gasteiger partial charge in [-0.05, 0) is 26.3 Å². The zero-order valence-corrected chi connectivity index (χ0v) is 7.40. The minimum absolute atomic E-state index is 0.116. The van der Waals surface area contributed by atoms with Gasteiger partial charge < -0.3 is 14.3 Å². The van der Waals surface area contributed by atoms with Crippen molar-refractivity contribution in [2.45, 2.75) is 38.8 Å². The molecule has 0 unspecified atom stereocenters. The summed E-state index contributed by atoms with van der Waals surface area (Å²) in [5, 5.41) is 0. The fourth-order valence-corrected chi connectivity index (χ4v) is 1.03. The maximum Gasteiger partial charge on any atom is 0.178 e. The maximum atomic E-state index is 10.4. The highest BCUT2D eigenvalue weighted by molar-refractivity contribution is 5.56. The highest BCUT2D eigenvalue weighted by Gasteiger charge is 2.18. The fraction of sp³-hybridized carbons (Fsp3) is 0.667. The molecule has 0 aliphatic carbocycles. The lowest BCUT2D eigenvalue weighted by Gasteiger charge is -2.23. The Morgan fingerprint density at radius 2 is 2.42 bits per heavy atom. The summed E-state index contributed by atoms with van der Waals surface area (Å²) >= 11 is 0. The van der Waals surface area contributed by atoms with Gasteiger partial charge in [-0.2, -0.15) is 0 Å². The van der Waals surface area contributed by atoms with E-state index < -0.39 is 0 Å². The molecule has 0 radical (unpaired) electrons. The highest BCUT2D eigenvalue weighted by Crippen LogP contribution is 2.12. The van der Waals surface area contributed by atoms with Gasteiger partial charge in [-0.25, -0.2) is 0 Å². The summed E-state index contributed by atoms with van der Waals surface area (Å²) in [4.78, 5) is 10.4. The highest BCUT2D eigenvalue weighted by atomic mass is 16.7. The molecule has 1 rings (SSSR count). The normalized spacial score (nSPS) is 29.2. The smallest absolute Gasteiger partial charge is 0.178 e. The maximum absolute atomic E-state index is 10.4. The van der Waals surface area contributed by atoms with Crippen molar-refractivity contribution < 1.29 is 14.3 Å². The molecule has 0 fully saturated rings. The van der Waals surface area contributed by atoms with Crippen LogP contribution in [0.15, 0.2) is 12.2 Å². The Labute approximate surface area is 72.4 Å². The van der Waals surface area contributed by atoms with Crippen LogP contribution in [0.4, 0.5) is 0 Å². The number of ether oxygens (including phenoxy) is 2. The van der Waals surface area contributed by atoms with E-state index in [-0.39, 0.29) is 18.5 Å². The van der Waals surface area contributed by atoms with Gasteiger partial charge in [0.25, 0.3) is 0 Å². The SMILES string of the molecule is CC(C)O[C@H]1C=CC[C@H](C=O)O1. The van der Waals surface area contributed by atoms with Gasteiger partial charge in [-0.3, -0.25) is 0 Å². The Morgan fingerprint density at radius 1 is 1.67 bits per heavy atom. The number of carbonyl (C=O) groups is 1. The summed E-state index contributed by atoms with van der Waals surface area (Å²) < 4.78 is 10.6. The third kappa shape index (κ3) is 2.75. The minimum atomic E-state index is -0.353. The van der Waals surface area contributed by atoms with Gasteiger partial charge in [0.05, 0.1) is 6.10 Å². The number of hydrogen-bond acceptors (Lipinski definition) is 3. The standard InChI is InChI=1S/C9H14O3/c1-7(2)11-9-5-3-4-8(6-10)12-9/h3,5-9H,4H2,1-2H3/t8-,9-/m1/s1. The first-order valence-electron chi connectivity index (χ1n) is 4.15. The summed E-state index contributed by atoms with van der Waals surface area (Å²) in [6, 6.07) is 0. The van der Waals surface area contributed by atoms with E-state index in [1.807, 2.05) is 26.0 Å². The molecule has 3 heteroatoms. The zero-order chi connectivity index (χ0) is 8.97. The van der Waals surface area contributed by atoms with Gasteiger partial charge in [0, 0.05) is 0 Å².